The Labute approximate surface area is 137 Å². The van der Waals surface area contributed by atoms with Crippen molar-refractivity contribution in [1.82, 2.24) is 19.7 Å². The highest BCUT2D eigenvalue weighted by molar-refractivity contribution is 6.30. The highest BCUT2D eigenvalue weighted by Gasteiger charge is 2.32. The molecule has 1 aliphatic rings. The van der Waals surface area contributed by atoms with Crippen molar-refractivity contribution < 1.29 is 5.11 Å². The lowest BCUT2D eigenvalue weighted by molar-refractivity contribution is 0.0449. The Hall–Kier alpha value is -2.18. The van der Waals surface area contributed by atoms with E-state index in [1.807, 2.05) is 28.9 Å². The van der Waals surface area contributed by atoms with Gasteiger partial charge in [0.1, 0.15) is 12.1 Å². The van der Waals surface area contributed by atoms with Crippen LogP contribution in [-0.2, 0) is 6.42 Å². The van der Waals surface area contributed by atoms with Gasteiger partial charge in [-0.2, -0.15) is 5.10 Å². The van der Waals surface area contributed by atoms with Gasteiger partial charge < -0.3 is 10.8 Å². The molecule has 1 aromatic carbocycles. The van der Waals surface area contributed by atoms with Gasteiger partial charge in [-0.3, -0.25) is 0 Å². The van der Waals surface area contributed by atoms with Crippen LogP contribution in [0.15, 0.2) is 30.6 Å². The molecule has 0 bridgehead atoms. The molecule has 3 N–H and O–H groups in total. The summed E-state index contributed by atoms with van der Waals surface area (Å²) < 4.78 is 1.87. The van der Waals surface area contributed by atoms with Crippen LogP contribution in [0.1, 0.15) is 30.1 Å². The monoisotopic (exact) mass is 329 g/mol. The van der Waals surface area contributed by atoms with E-state index in [4.69, 9.17) is 22.4 Å². The van der Waals surface area contributed by atoms with E-state index in [1.54, 1.807) is 0 Å². The second kappa shape index (κ2) is 5.47. The molecule has 6 nitrogen and oxygen atoms in total. The zero-order chi connectivity index (χ0) is 16.0. The zero-order valence-corrected chi connectivity index (χ0v) is 13.1. The van der Waals surface area contributed by atoms with Crippen LogP contribution in [0.5, 0.6) is 0 Å². The average molecular weight is 330 g/mol. The Morgan fingerprint density at radius 1 is 1.30 bits per heavy atom. The molecule has 0 amide bonds. The van der Waals surface area contributed by atoms with Gasteiger partial charge in [0.25, 0.3) is 0 Å². The van der Waals surface area contributed by atoms with Crippen molar-refractivity contribution in [3.8, 4) is 0 Å². The molecular weight excluding hydrogens is 314 g/mol. The predicted molar refractivity (Wildman–Crippen MR) is 88.3 cm³/mol. The van der Waals surface area contributed by atoms with Crippen LogP contribution < -0.4 is 5.73 Å². The number of hydrogen-bond acceptors (Lipinski definition) is 5. The highest BCUT2D eigenvalue weighted by Crippen LogP contribution is 2.35. The Kier molecular flexibility index (Phi) is 3.43. The lowest BCUT2D eigenvalue weighted by atomic mass is 9.90. The molecule has 2 aromatic heterocycles. The van der Waals surface area contributed by atoms with Crippen LogP contribution in [0.2, 0.25) is 5.02 Å². The van der Waals surface area contributed by atoms with Crippen LogP contribution in [0.4, 0.5) is 5.82 Å². The number of aromatic nitrogens is 4. The quantitative estimate of drug-likeness (QED) is 0.769. The normalized spacial score (nSPS) is 20.6. The van der Waals surface area contributed by atoms with Crippen molar-refractivity contribution in [2.75, 3.05) is 5.73 Å². The molecule has 1 fully saturated rings. The topological polar surface area (TPSA) is 89.9 Å². The zero-order valence-electron chi connectivity index (χ0n) is 12.4. The van der Waals surface area contributed by atoms with E-state index in [0.29, 0.717) is 30.1 Å². The number of nitrogens with zero attached hydrogens (tertiary/aromatic N) is 4. The molecule has 0 aliphatic heterocycles. The van der Waals surface area contributed by atoms with E-state index < -0.39 is 0 Å². The van der Waals surface area contributed by atoms with Crippen LogP contribution in [0.3, 0.4) is 0 Å². The number of benzene rings is 1. The molecule has 0 radical (unpaired) electrons. The average Bonchev–Trinajstić information content (AvgIpc) is 2.84. The molecule has 118 valence electrons. The fourth-order valence-electron chi connectivity index (χ4n) is 3.04. The molecule has 2 heterocycles. The molecule has 7 heteroatoms. The maximum atomic E-state index is 9.57. The van der Waals surface area contributed by atoms with Crippen molar-refractivity contribution in [3.63, 3.8) is 0 Å². The first-order valence-electron chi connectivity index (χ1n) is 7.52. The van der Waals surface area contributed by atoms with Crippen molar-refractivity contribution in [2.45, 2.75) is 31.4 Å². The number of rotatable bonds is 3. The predicted octanol–water partition coefficient (Wildman–Crippen LogP) is 2.35. The highest BCUT2D eigenvalue weighted by atomic mass is 35.5. The Bertz CT molecular complexity index is 872. The molecule has 3 aromatic rings. The number of aliphatic hydroxyl groups excluding tert-OH is 1. The summed E-state index contributed by atoms with van der Waals surface area (Å²) in [6.45, 7) is 0. The van der Waals surface area contributed by atoms with Gasteiger partial charge in [-0.05, 0) is 30.5 Å². The Balaban J connectivity index is 1.79. The maximum Gasteiger partial charge on any atom is 0.163 e. The molecular formula is C16H16ClN5O. The van der Waals surface area contributed by atoms with E-state index in [1.165, 1.54) is 6.33 Å². The molecule has 0 saturated heterocycles. The molecule has 0 unspecified atom stereocenters. The van der Waals surface area contributed by atoms with Crippen molar-refractivity contribution >= 4 is 28.5 Å². The summed E-state index contributed by atoms with van der Waals surface area (Å²) in [7, 11) is 0. The third-order valence-corrected chi connectivity index (χ3v) is 4.52. The van der Waals surface area contributed by atoms with Gasteiger partial charge in [0.05, 0.1) is 23.2 Å². The molecule has 0 atom stereocenters. The summed E-state index contributed by atoms with van der Waals surface area (Å²) in [6, 6.07) is 7.84. The number of aliphatic hydroxyl groups is 1. The number of nitrogens with two attached hydrogens (primary N) is 1. The van der Waals surface area contributed by atoms with Gasteiger partial charge in [-0.25, -0.2) is 14.6 Å². The minimum atomic E-state index is -0.255. The number of nitrogen functional groups attached to an aromatic ring is 1. The van der Waals surface area contributed by atoms with Gasteiger partial charge in [0, 0.05) is 11.4 Å². The minimum Gasteiger partial charge on any atom is -0.393 e. The smallest absolute Gasteiger partial charge is 0.163 e. The van der Waals surface area contributed by atoms with Crippen molar-refractivity contribution in [2.24, 2.45) is 0 Å². The fraction of sp³-hybridized carbons (Fsp3) is 0.312. The Morgan fingerprint density at radius 2 is 2.13 bits per heavy atom. The summed E-state index contributed by atoms with van der Waals surface area (Å²) in [6.07, 6.45) is 3.19. The second-order valence-electron chi connectivity index (χ2n) is 5.93. The van der Waals surface area contributed by atoms with Crippen LogP contribution >= 0.6 is 11.6 Å². The summed E-state index contributed by atoms with van der Waals surface area (Å²) in [5, 5.41) is 15.8. The summed E-state index contributed by atoms with van der Waals surface area (Å²) in [4.78, 5) is 8.45. The second-order valence-corrected chi connectivity index (χ2v) is 6.37. The summed E-state index contributed by atoms with van der Waals surface area (Å²) in [5.41, 5.74) is 8.68. The van der Waals surface area contributed by atoms with Gasteiger partial charge >= 0.3 is 0 Å². The summed E-state index contributed by atoms with van der Waals surface area (Å²) in [5.74, 6) is 0.429. The lowest BCUT2D eigenvalue weighted by Crippen LogP contribution is -2.31. The standard InChI is InChI=1S/C16H16ClN5O/c17-10-3-1-2-9(4-10)5-13-14-15(18)19-8-20-16(14)22(21-13)11-6-12(23)7-11/h1-4,8,11-12,23H,5-7H2,(H2,18,19,20)/t11-,12+. The maximum absolute atomic E-state index is 9.57. The van der Waals surface area contributed by atoms with Gasteiger partial charge in [-0.1, -0.05) is 23.7 Å². The number of fused-ring (bicyclic) bond motifs is 1. The number of hydrogen-bond donors (Lipinski definition) is 2. The van der Waals surface area contributed by atoms with E-state index >= 15 is 0 Å². The first kappa shape index (κ1) is 14.4. The van der Waals surface area contributed by atoms with Gasteiger partial charge in [0.2, 0.25) is 0 Å². The van der Waals surface area contributed by atoms with E-state index in [2.05, 4.69) is 9.97 Å². The van der Waals surface area contributed by atoms with E-state index in [9.17, 15) is 5.11 Å². The molecule has 0 spiro atoms. The number of anilines is 1. The van der Waals surface area contributed by atoms with Crippen molar-refractivity contribution in [1.29, 1.82) is 0 Å². The van der Waals surface area contributed by atoms with Gasteiger partial charge in [0.15, 0.2) is 5.65 Å². The fourth-order valence-corrected chi connectivity index (χ4v) is 3.26. The van der Waals surface area contributed by atoms with Crippen LogP contribution in [0.25, 0.3) is 11.0 Å². The summed E-state index contributed by atoms with van der Waals surface area (Å²) >= 11 is 6.06. The van der Waals surface area contributed by atoms with Crippen LogP contribution in [0, 0.1) is 0 Å². The molecule has 23 heavy (non-hydrogen) atoms. The third-order valence-electron chi connectivity index (χ3n) is 4.29. The number of halogens is 1. The lowest BCUT2D eigenvalue weighted by Gasteiger charge is -2.31. The van der Waals surface area contributed by atoms with Crippen LogP contribution in [-0.4, -0.2) is 31.0 Å². The Morgan fingerprint density at radius 3 is 2.87 bits per heavy atom. The minimum absolute atomic E-state index is 0.162. The first-order valence-corrected chi connectivity index (χ1v) is 7.89. The molecule has 1 saturated carbocycles. The largest absolute Gasteiger partial charge is 0.393 e. The van der Waals surface area contributed by atoms with Crippen molar-refractivity contribution in [3.05, 3.63) is 46.9 Å². The third kappa shape index (κ3) is 2.54. The first-order chi connectivity index (χ1) is 11.1. The molecule has 4 rings (SSSR count). The van der Waals surface area contributed by atoms with E-state index in [-0.39, 0.29) is 12.1 Å². The van der Waals surface area contributed by atoms with E-state index in [0.717, 1.165) is 22.3 Å². The van der Waals surface area contributed by atoms with Gasteiger partial charge in [-0.15, -0.1) is 0 Å². The molecule has 1 aliphatic carbocycles. The SMILES string of the molecule is Nc1ncnc2c1c(Cc1cccc(Cl)c1)nn2[C@H]1C[C@@H](O)C1.